The number of piperidine rings is 1. The molecule has 4 N–H and O–H groups in total. The van der Waals surface area contributed by atoms with Crippen LogP contribution in [0.2, 0.25) is 0 Å². The lowest BCUT2D eigenvalue weighted by molar-refractivity contribution is -0.190. The van der Waals surface area contributed by atoms with Crippen molar-refractivity contribution in [2.45, 2.75) is 101 Å². The van der Waals surface area contributed by atoms with E-state index in [1.54, 1.807) is 6.07 Å². The van der Waals surface area contributed by atoms with Crippen LogP contribution in [0.25, 0.3) is 0 Å². The van der Waals surface area contributed by atoms with Gasteiger partial charge in [0.25, 0.3) is 0 Å². The third kappa shape index (κ3) is 4.08. The van der Waals surface area contributed by atoms with Crippen molar-refractivity contribution in [3.8, 4) is 5.75 Å². The molecule has 0 spiro atoms. The van der Waals surface area contributed by atoms with Gasteiger partial charge in [-0.25, -0.2) is 0 Å². The zero-order valence-corrected chi connectivity index (χ0v) is 20.1. The molecule has 0 aromatic heterocycles. The third-order valence-corrected chi connectivity index (χ3v) is 8.94. The van der Waals surface area contributed by atoms with Crippen molar-refractivity contribution in [2.75, 3.05) is 13.1 Å². The number of hydrogen-bond acceptors (Lipinski definition) is 5. The van der Waals surface area contributed by atoms with Crippen LogP contribution in [0.15, 0.2) is 18.2 Å². The van der Waals surface area contributed by atoms with E-state index in [4.69, 9.17) is 0 Å². The maximum Gasteiger partial charge on any atom is 0.220 e. The van der Waals surface area contributed by atoms with Crippen molar-refractivity contribution in [1.82, 2.24) is 10.2 Å². The lowest BCUT2D eigenvalue weighted by Crippen LogP contribution is -2.76. The van der Waals surface area contributed by atoms with E-state index in [1.165, 1.54) is 18.4 Å². The number of rotatable bonds is 7. The van der Waals surface area contributed by atoms with E-state index in [0.29, 0.717) is 25.2 Å². The molecule has 3 aliphatic carbocycles. The highest BCUT2D eigenvalue weighted by atomic mass is 16.3. The molecule has 6 heteroatoms. The van der Waals surface area contributed by atoms with Crippen LogP contribution >= 0.6 is 0 Å². The highest BCUT2D eigenvalue weighted by Crippen LogP contribution is 2.58. The van der Waals surface area contributed by atoms with Crippen LogP contribution in [0.3, 0.4) is 0 Å². The highest BCUT2D eigenvalue weighted by Gasteiger charge is 2.66. The van der Waals surface area contributed by atoms with Gasteiger partial charge in [0.2, 0.25) is 5.91 Å². The molecular weight excluding hydrogens is 416 g/mol. The smallest absolute Gasteiger partial charge is 0.220 e. The molecule has 5 rings (SSSR count). The number of aromatic hydroxyl groups is 1. The number of phenols is 1. The summed E-state index contributed by atoms with van der Waals surface area (Å²) in [6.45, 7) is 6.23. The Hall–Kier alpha value is -1.63. The van der Waals surface area contributed by atoms with Crippen molar-refractivity contribution in [1.29, 1.82) is 0 Å². The van der Waals surface area contributed by atoms with E-state index in [2.05, 4.69) is 24.1 Å². The summed E-state index contributed by atoms with van der Waals surface area (Å²) in [4.78, 5) is 15.1. The number of fused-ring (bicyclic) bond motifs is 1. The van der Waals surface area contributed by atoms with Crippen LogP contribution in [-0.4, -0.2) is 63.0 Å². The standard InChI is InChI=1S/C27H40N2O4/c1-17(2)4-3-5-25(32)28-22-14-27(33)24-12-19-8-9-20(30)13-21(19)26(27,15-23(22)31)10-11-29(24)16-18-6-7-18/h8-9,13,17-18,22-24,30-31,33H,3-7,10-12,14-16H2,1-2H3,(H,28,32)/t22-,23?,24+,26+,27+/m0/s1. The fourth-order valence-corrected chi connectivity index (χ4v) is 7.03. The van der Waals surface area contributed by atoms with Crippen LogP contribution in [0.1, 0.15) is 76.3 Å². The number of nitrogens with one attached hydrogen (secondary N) is 1. The summed E-state index contributed by atoms with van der Waals surface area (Å²) in [7, 11) is 0. The normalized spacial score (nSPS) is 35.7. The molecule has 1 aliphatic heterocycles. The molecule has 1 unspecified atom stereocenters. The van der Waals surface area contributed by atoms with E-state index >= 15 is 0 Å². The van der Waals surface area contributed by atoms with E-state index in [1.807, 2.05) is 12.1 Å². The summed E-state index contributed by atoms with van der Waals surface area (Å²) in [6, 6.07) is 5.06. The molecule has 1 aromatic carbocycles. The van der Waals surface area contributed by atoms with E-state index in [9.17, 15) is 20.1 Å². The average Bonchev–Trinajstić information content (AvgIpc) is 3.55. The predicted molar refractivity (Wildman–Crippen MR) is 127 cm³/mol. The SMILES string of the molecule is CC(C)CCCC(=O)N[C@H]1C[C@@]2(O)[C@H]3Cc4ccc(O)cc4[C@@]2(CCN3CC2CC2)CC1O. The largest absolute Gasteiger partial charge is 0.508 e. The summed E-state index contributed by atoms with van der Waals surface area (Å²) in [5, 5.41) is 37.0. The molecule has 5 atom stereocenters. The Balaban J connectivity index is 1.43. The first-order valence-corrected chi connectivity index (χ1v) is 13.0. The molecule has 6 nitrogen and oxygen atoms in total. The zero-order valence-electron chi connectivity index (χ0n) is 20.1. The minimum absolute atomic E-state index is 0.0308. The zero-order chi connectivity index (χ0) is 23.4. The van der Waals surface area contributed by atoms with Crippen molar-refractivity contribution in [3.05, 3.63) is 29.3 Å². The monoisotopic (exact) mass is 456 g/mol. The summed E-state index contributed by atoms with van der Waals surface area (Å²) >= 11 is 0. The van der Waals surface area contributed by atoms with Crippen LogP contribution in [0.4, 0.5) is 0 Å². The van der Waals surface area contributed by atoms with Crippen LogP contribution < -0.4 is 5.32 Å². The number of benzene rings is 1. The van der Waals surface area contributed by atoms with Crippen molar-refractivity contribution >= 4 is 5.91 Å². The molecule has 1 aromatic rings. The minimum Gasteiger partial charge on any atom is -0.508 e. The quantitative estimate of drug-likeness (QED) is 0.506. The number of likely N-dealkylation sites (tertiary alicyclic amines) is 1. The number of carbonyl (C=O) groups excluding carboxylic acids is 1. The first kappa shape index (κ1) is 23.1. The Bertz CT molecular complexity index is 900. The molecule has 0 radical (unpaired) electrons. The van der Waals surface area contributed by atoms with Crippen molar-refractivity contribution in [2.24, 2.45) is 11.8 Å². The molecule has 1 amide bonds. The summed E-state index contributed by atoms with van der Waals surface area (Å²) in [5.41, 5.74) is 0.526. The lowest BCUT2D eigenvalue weighted by Gasteiger charge is -2.65. The van der Waals surface area contributed by atoms with Gasteiger partial charge in [-0.2, -0.15) is 0 Å². The molecule has 33 heavy (non-hydrogen) atoms. The molecule has 2 saturated carbocycles. The second-order valence-electron chi connectivity index (χ2n) is 11.7. The molecule has 1 heterocycles. The Morgan fingerprint density at radius 3 is 2.79 bits per heavy atom. The fourth-order valence-electron chi connectivity index (χ4n) is 7.03. The van der Waals surface area contributed by atoms with Gasteiger partial charge in [-0.1, -0.05) is 26.3 Å². The molecule has 1 saturated heterocycles. The van der Waals surface area contributed by atoms with E-state index in [-0.39, 0.29) is 17.7 Å². The second kappa shape index (κ2) is 8.54. The Morgan fingerprint density at radius 2 is 2.06 bits per heavy atom. The lowest BCUT2D eigenvalue weighted by atomic mass is 9.48. The van der Waals surface area contributed by atoms with E-state index < -0.39 is 23.2 Å². The van der Waals surface area contributed by atoms with Crippen molar-refractivity contribution < 1.29 is 20.1 Å². The van der Waals surface area contributed by atoms with Gasteiger partial charge < -0.3 is 20.6 Å². The van der Waals surface area contributed by atoms with Gasteiger partial charge in [-0.15, -0.1) is 0 Å². The van der Waals surface area contributed by atoms with Gasteiger partial charge in [0.15, 0.2) is 0 Å². The maximum absolute atomic E-state index is 12.7. The fraction of sp³-hybridized carbons (Fsp3) is 0.741. The summed E-state index contributed by atoms with van der Waals surface area (Å²) < 4.78 is 0. The van der Waals surface area contributed by atoms with Gasteiger partial charge in [-0.05, 0) is 80.2 Å². The first-order chi connectivity index (χ1) is 15.7. The number of aliphatic hydroxyl groups excluding tert-OH is 1. The molecule has 2 bridgehead atoms. The van der Waals surface area contributed by atoms with Gasteiger partial charge >= 0.3 is 0 Å². The van der Waals surface area contributed by atoms with Crippen LogP contribution in [0, 0.1) is 11.8 Å². The van der Waals surface area contributed by atoms with E-state index in [0.717, 1.165) is 50.3 Å². The molecule has 4 aliphatic rings. The third-order valence-electron chi connectivity index (χ3n) is 8.94. The topological polar surface area (TPSA) is 93.0 Å². The van der Waals surface area contributed by atoms with Crippen LogP contribution in [-0.2, 0) is 16.6 Å². The number of phenolic OH excluding ortho intramolecular Hbond substituents is 1. The Morgan fingerprint density at radius 1 is 1.27 bits per heavy atom. The van der Waals surface area contributed by atoms with Crippen molar-refractivity contribution in [3.63, 3.8) is 0 Å². The summed E-state index contributed by atoms with van der Waals surface area (Å²) in [5.74, 6) is 1.47. The van der Waals surface area contributed by atoms with Crippen LogP contribution in [0.5, 0.6) is 5.75 Å². The predicted octanol–water partition coefficient (Wildman–Crippen LogP) is 2.87. The van der Waals surface area contributed by atoms with Gasteiger partial charge in [-0.3, -0.25) is 9.69 Å². The van der Waals surface area contributed by atoms with Gasteiger partial charge in [0, 0.05) is 30.8 Å². The second-order valence-corrected chi connectivity index (χ2v) is 11.7. The number of nitrogens with zero attached hydrogens (tertiary/aromatic N) is 1. The maximum atomic E-state index is 12.7. The Kier molecular flexibility index (Phi) is 5.99. The van der Waals surface area contributed by atoms with Gasteiger partial charge in [0.05, 0.1) is 17.7 Å². The molecule has 3 fully saturated rings. The first-order valence-electron chi connectivity index (χ1n) is 13.0. The number of carbonyl (C=O) groups is 1. The number of amides is 1. The average molecular weight is 457 g/mol. The number of aliphatic hydroxyl groups is 2. The molecule has 182 valence electrons. The highest BCUT2D eigenvalue weighted by molar-refractivity contribution is 5.76. The number of hydrogen-bond donors (Lipinski definition) is 4. The summed E-state index contributed by atoms with van der Waals surface area (Å²) in [6.07, 6.45) is 6.38. The Labute approximate surface area is 197 Å². The minimum atomic E-state index is -1.05. The van der Waals surface area contributed by atoms with Gasteiger partial charge in [0.1, 0.15) is 5.75 Å². The molecular formula is C27H40N2O4.